The lowest BCUT2D eigenvalue weighted by Crippen LogP contribution is -2.44. The summed E-state index contributed by atoms with van der Waals surface area (Å²) in [6.07, 6.45) is 1.10. The van der Waals surface area contributed by atoms with Gasteiger partial charge in [0.1, 0.15) is 0 Å². The topological polar surface area (TPSA) is 49.8 Å². The lowest BCUT2D eigenvalue weighted by Gasteiger charge is -2.38. The summed E-state index contributed by atoms with van der Waals surface area (Å²) in [5.41, 5.74) is 0.961. The van der Waals surface area contributed by atoms with Gasteiger partial charge in [-0.1, -0.05) is 18.5 Å². The van der Waals surface area contributed by atoms with Crippen LogP contribution in [0.3, 0.4) is 0 Å². The number of hydrogen-bond acceptors (Lipinski definition) is 3. The Kier molecular flexibility index (Phi) is 4.32. The second kappa shape index (κ2) is 5.80. The second-order valence-electron chi connectivity index (χ2n) is 4.95. The van der Waals surface area contributed by atoms with Gasteiger partial charge < -0.3 is 14.7 Å². The van der Waals surface area contributed by atoms with Gasteiger partial charge in [-0.3, -0.25) is 0 Å². The van der Waals surface area contributed by atoms with Crippen LogP contribution in [0.4, 0.5) is 5.69 Å². The van der Waals surface area contributed by atoms with Gasteiger partial charge in [0.05, 0.1) is 17.4 Å². The van der Waals surface area contributed by atoms with E-state index in [1.807, 2.05) is 4.90 Å². The van der Waals surface area contributed by atoms with Crippen LogP contribution in [0.1, 0.15) is 23.7 Å². The van der Waals surface area contributed by atoms with E-state index in [0.29, 0.717) is 23.2 Å². The van der Waals surface area contributed by atoms with Crippen LogP contribution in [-0.2, 0) is 4.74 Å². The van der Waals surface area contributed by atoms with Crippen LogP contribution >= 0.6 is 11.6 Å². The lowest BCUT2D eigenvalue weighted by atomic mass is 9.95. The van der Waals surface area contributed by atoms with Gasteiger partial charge >= 0.3 is 5.97 Å². The molecule has 0 aromatic heterocycles. The highest BCUT2D eigenvalue weighted by Crippen LogP contribution is 2.29. The Morgan fingerprint density at radius 3 is 2.89 bits per heavy atom. The molecular formula is C14H18ClNO3. The molecule has 1 aromatic rings. The van der Waals surface area contributed by atoms with E-state index < -0.39 is 5.97 Å². The molecule has 2 atom stereocenters. The van der Waals surface area contributed by atoms with Gasteiger partial charge in [0.25, 0.3) is 0 Å². The predicted molar refractivity (Wildman–Crippen MR) is 75.2 cm³/mol. The Morgan fingerprint density at radius 1 is 1.53 bits per heavy atom. The Labute approximate surface area is 117 Å². The molecule has 1 aliphatic rings. The number of piperidine rings is 1. The fourth-order valence-electron chi connectivity index (χ4n) is 2.51. The third kappa shape index (κ3) is 3.01. The van der Waals surface area contributed by atoms with Gasteiger partial charge in [-0.2, -0.15) is 0 Å². The fourth-order valence-corrected chi connectivity index (χ4v) is 2.67. The molecule has 1 fully saturated rings. The van der Waals surface area contributed by atoms with Gasteiger partial charge in [0.15, 0.2) is 0 Å². The molecule has 19 heavy (non-hydrogen) atoms. The van der Waals surface area contributed by atoms with Crippen molar-refractivity contribution in [3.63, 3.8) is 0 Å². The standard InChI is InChI=1S/C14H18ClNO3/c1-9-5-6-16(8-13(9)19-2)12-7-10(15)3-4-11(12)14(17)18/h3-4,7,9,13H,5-6,8H2,1-2H3,(H,17,18). The van der Waals surface area contributed by atoms with E-state index in [2.05, 4.69) is 6.92 Å². The quantitative estimate of drug-likeness (QED) is 0.927. The number of carboxylic acid groups (broad SMARTS) is 1. The first-order valence-corrected chi connectivity index (χ1v) is 6.71. The molecule has 104 valence electrons. The zero-order valence-corrected chi connectivity index (χ0v) is 11.9. The van der Waals surface area contributed by atoms with Crippen LogP contribution < -0.4 is 4.90 Å². The van der Waals surface area contributed by atoms with Crippen molar-refractivity contribution in [3.8, 4) is 0 Å². The predicted octanol–water partition coefficient (Wildman–Crippen LogP) is 2.90. The first-order chi connectivity index (χ1) is 9.02. The van der Waals surface area contributed by atoms with Crippen LogP contribution in [0.5, 0.6) is 0 Å². The lowest BCUT2D eigenvalue weighted by molar-refractivity contribution is 0.0496. The van der Waals surface area contributed by atoms with Crippen LogP contribution in [0.2, 0.25) is 5.02 Å². The Bertz CT molecular complexity index is 478. The first-order valence-electron chi connectivity index (χ1n) is 6.33. The molecular weight excluding hydrogens is 266 g/mol. The monoisotopic (exact) mass is 283 g/mol. The minimum atomic E-state index is -0.931. The number of carbonyl (C=O) groups is 1. The smallest absolute Gasteiger partial charge is 0.337 e. The zero-order chi connectivity index (χ0) is 14.0. The summed E-state index contributed by atoms with van der Waals surface area (Å²) in [4.78, 5) is 13.3. The Balaban J connectivity index is 2.31. The summed E-state index contributed by atoms with van der Waals surface area (Å²) in [6.45, 7) is 3.67. The number of carboxylic acids is 1. The molecule has 0 bridgehead atoms. The number of rotatable bonds is 3. The molecule has 0 aliphatic carbocycles. The van der Waals surface area contributed by atoms with Crippen LogP contribution in [0.15, 0.2) is 18.2 Å². The minimum absolute atomic E-state index is 0.120. The van der Waals surface area contributed by atoms with Gasteiger partial charge in [0.2, 0.25) is 0 Å². The summed E-state index contributed by atoms with van der Waals surface area (Å²) in [6, 6.07) is 4.88. The normalized spacial score (nSPS) is 23.4. The van der Waals surface area contributed by atoms with Crippen molar-refractivity contribution in [3.05, 3.63) is 28.8 Å². The Morgan fingerprint density at radius 2 is 2.26 bits per heavy atom. The summed E-state index contributed by atoms with van der Waals surface area (Å²) >= 11 is 5.99. The van der Waals surface area contributed by atoms with Crippen molar-refractivity contribution >= 4 is 23.3 Å². The van der Waals surface area contributed by atoms with Crippen molar-refractivity contribution in [2.75, 3.05) is 25.1 Å². The van der Waals surface area contributed by atoms with Gasteiger partial charge in [0, 0.05) is 25.2 Å². The zero-order valence-electron chi connectivity index (χ0n) is 11.1. The molecule has 0 spiro atoms. The van der Waals surface area contributed by atoms with Crippen LogP contribution in [0, 0.1) is 5.92 Å². The highest BCUT2D eigenvalue weighted by Gasteiger charge is 2.28. The van der Waals surface area contributed by atoms with E-state index >= 15 is 0 Å². The van der Waals surface area contributed by atoms with E-state index in [1.54, 1.807) is 25.3 Å². The maximum absolute atomic E-state index is 11.3. The van der Waals surface area contributed by atoms with Gasteiger partial charge in [-0.15, -0.1) is 0 Å². The molecule has 4 nitrogen and oxygen atoms in total. The van der Waals surface area contributed by atoms with E-state index in [4.69, 9.17) is 16.3 Å². The van der Waals surface area contributed by atoms with Crippen molar-refractivity contribution in [2.24, 2.45) is 5.92 Å². The minimum Gasteiger partial charge on any atom is -0.478 e. The molecule has 5 heteroatoms. The maximum atomic E-state index is 11.3. The molecule has 2 unspecified atom stereocenters. The number of aromatic carboxylic acids is 1. The van der Waals surface area contributed by atoms with Crippen molar-refractivity contribution < 1.29 is 14.6 Å². The second-order valence-corrected chi connectivity index (χ2v) is 5.39. The number of hydrogen-bond donors (Lipinski definition) is 1. The molecule has 2 rings (SSSR count). The van der Waals surface area contributed by atoms with Gasteiger partial charge in [-0.25, -0.2) is 4.79 Å². The number of methoxy groups -OCH3 is 1. The highest BCUT2D eigenvalue weighted by molar-refractivity contribution is 6.31. The third-order valence-corrected chi connectivity index (χ3v) is 3.96. The van der Waals surface area contributed by atoms with Crippen molar-refractivity contribution in [1.82, 2.24) is 0 Å². The molecule has 1 heterocycles. The molecule has 0 amide bonds. The van der Waals surface area contributed by atoms with Crippen molar-refractivity contribution in [2.45, 2.75) is 19.4 Å². The summed E-state index contributed by atoms with van der Waals surface area (Å²) in [5, 5.41) is 9.81. The number of ether oxygens (including phenoxy) is 1. The molecule has 0 radical (unpaired) electrons. The van der Waals surface area contributed by atoms with Crippen molar-refractivity contribution in [1.29, 1.82) is 0 Å². The fraction of sp³-hybridized carbons (Fsp3) is 0.500. The Hall–Kier alpha value is -1.26. The van der Waals surface area contributed by atoms with E-state index in [9.17, 15) is 9.90 Å². The van der Waals surface area contributed by atoms with E-state index in [-0.39, 0.29) is 11.7 Å². The third-order valence-electron chi connectivity index (χ3n) is 3.72. The SMILES string of the molecule is COC1CN(c2cc(Cl)ccc2C(=O)O)CCC1C. The highest BCUT2D eigenvalue weighted by atomic mass is 35.5. The molecule has 1 N–H and O–H groups in total. The van der Waals surface area contributed by atoms with E-state index in [1.165, 1.54) is 0 Å². The summed E-state index contributed by atoms with van der Waals surface area (Å²) in [5.74, 6) is -0.451. The first kappa shape index (κ1) is 14.2. The number of anilines is 1. The molecule has 0 saturated carbocycles. The molecule has 1 aliphatic heterocycles. The maximum Gasteiger partial charge on any atom is 0.337 e. The average Bonchev–Trinajstić information content (AvgIpc) is 2.38. The largest absolute Gasteiger partial charge is 0.478 e. The summed E-state index contributed by atoms with van der Waals surface area (Å²) < 4.78 is 5.46. The van der Waals surface area contributed by atoms with E-state index in [0.717, 1.165) is 13.0 Å². The van der Waals surface area contributed by atoms with Gasteiger partial charge in [-0.05, 0) is 30.5 Å². The van der Waals surface area contributed by atoms with Crippen LogP contribution in [0.25, 0.3) is 0 Å². The number of nitrogens with zero attached hydrogens (tertiary/aromatic N) is 1. The summed E-state index contributed by atoms with van der Waals surface area (Å²) in [7, 11) is 1.70. The number of benzene rings is 1. The number of halogens is 1. The molecule has 1 aromatic carbocycles. The molecule has 1 saturated heterocycles. The van der Waals surface area contributed by atoms with Crippen LogP contribution in [-0.4, -0.2) is 37.4 Å². The average molecular weight is 284 g/mol.